The normalized spacial score (nSPS) is 26.3. The van der Waals surface area contributed by atoms with Gasteiger partial charge in [0.1, 0.15) is 48.8 Å². The number of carbonyl (C=O) groups excluding carboxylic acids is 1. The number of nitrogens with one attached hydrogen (secondary N) is 1. The highest BCUT2D eigenvalue weighted by molar-refractivity contribution is 5.76. The molecule has 0 saturated carbocycles. The fourth-order valence-electron chi connectivity index (χ4n) is 8.67. The minimum Gasteiger partial charge on any atom is -0.394 e. The molecule has 2 rings (SSSR count). The highest BCUT2D eigenvalue weighted by atomic mass is 16.7. The largest absolute Gasteiger partial charge is 0.394 e. The van der Waals surface area contributed by atoms with Crippen LogP contribution in [-0.4, -0.2) is 140 Å². The Morgan fingerprint density at radius 3 is 1.49 bits per heavy atom. The van der Waals surface area contributed by atoms with Gasteiger partial charge in [0.05, 0.1) is 32.0 Å². The number of hydrogen-bond donors (Lipinski definition) is 9. The summed E-state index contributed by atoms with van der Waals surface area (Å²) in [6.07, 6.45) is 37.8. The maximum absolute atomic E-state index is 13.2. The van der Waals surface area contributed by atoms with Gasteiger partial charge in [0.15, 0.2) is 12.6 Å². The molecule has 71 heavy (non-hydrogen) atoms. The smallest absolute Gasteiger partial charge is 0.220 e. The molecule has 14 heteroatoms. The molecule has 0 spiro atoms. The second-order valence-electron chi connectivity index (χ2n) is 19.3. The molecular weight excluding hydrogens is 907 g/mol. The van der Waals surface area contributed by atoms with Crippen LogP contribution in [0, 0.1) is 0 Å². The lowest BCUT2D eigenvalue weighted by atomic mass is 9.97. The summed E-state index contributed by atoms with van der Waals surface area (Å²) in [5.41, 5.74) is 0. The predicted octanol–water partition coefficient (Wildman–Crippen LogP) is 8.38. The number of rotatable bonds is 42. The van der Waals surface area contributed by atoms with E-state index in [0.717, 1.165) is 83.5 Å². The first-order chi connectivity index (χ1) is 34.6. The third-order valence-corrected chi connectivity index (χ3v) is 13.1. The molecule has 12 unspecified atom stereocenters. The second-order valence-corrected chi connectivity index (χ2v) is 19.3. The van der Waals surface area contributed by atoms with Crippen LogP contribution < -0.4 is 5.32 Å². The molecule has 0 aromatic heterocycles. The van der Waals surface area contributed by atoms with E-state index >= 15 is 0 Å². The fourth-order valence-corrected chi connectivity index (χ4v) is 8.67. The Morgan fingerprint density at radius 2 is 0.972 bits per heavy atom. The summed E-state index contributed by atoms with van der Waals surface area (Å²) in [5, 5.41) is 86.9. The van der Waals surface area contributed by atoms with Crippen LogP contribution in [0.2, 0.25) is 0 Å². The van der Waals surface area contributed by atoms with Gasteiger partial charge in [-0.3, -0.25) is 4.79 Å². The Kier molecular flexibility index (Phi) is 38.9. The Hall–Kier alpha value is -2.57. The highest BCUT2D eigenvalue weighted by Gasteiger charge is 2.51. The number of aliphatic hydroxyl groups excluding tert-OH is 8. The summed E-state index contributed by atoms with van der Waals surface area (Å²) < 4.78 is 22.7. The molecule has 0 radical (unpaired) electrons. The average molecular weight is 1010 g/mol. The van der Waals surface area contributed by atoms with Crippen molar-refractivity contribution in [1.82, 2.24) is 5.32 Å². The number of carbonyl (C=O) groups is 1. The van der Waals surface area contributed by atoms with E-state index in [2.05, 4.69) is 79.9 Å². The first kappa shape index (κ1) is 64.5. The molecule has 9 N–H and O–H groups in total. The van der Waals surface area contributed by atoms with Gasteiger partial charge in [-0.05, 0) is 64.2 Å². The van der Waals surface area contributed by atoms with E-state index in [1.807, 2.05) is 6.08 Å². The SMILES string of the molecule is CC/C=C\C/C=C\C/C=C\C/C=C\C/C=C\CCCCCCCC(=O)NC(COC1OC(CO)C(OC2OC(CO)C(O)C(O)C2O)C(O)C1O)C(O)/C=C/CCCCCCCCCCCCCCCC. The van der Waals surface area contributed by atoms with Crippen LogP contribution >= 0.6 is 0 Å². The van der Waals surface area contributed by atoms with Crippen molar-refractivity contribution in [3.63, 3.8) is 0 Å². The zero-order valence-corrected chi connectivity index (χ0v) is 43.7. The predicted molar refractivity (Wildman–Crippen MR) is 281 cm³/mol. The summed E-state index contributed by atoms with van der Waals surface area (Å²) in [5.74, 6) is -0.261. The van der Waals surface area contributed by atoms with E-state index in [4.69, 9.17) is 18.9 Å². The minimum absolute atomic E-state index is 0.256. The topological polar surface area (TPSA) is 228 Å². The molecule has 410 valence electrons. The lowest BCUT2D eigenvalue weighted by Gasteiger charge is -2.46. The Morgan fingerprint density at radius 1 is 0.521 bits per heavy atom. The van der Waals surface area contributed by atoms with Gasteiger partial charge in [-0.15, -0.1) is 0 Å². The van der Waals surface area contributed by atoms with Gasteiger partial charge in [0, 0.05) is 6.42 Å². The molecule has 1 amide bonds. The molecule has 2 heterocycles. The van der Waals surface area contributed by atoms with Crippen LogP contribution in [-0.2, 0) is 23.7 Å². The van der Waals surface area contributed by atoms with E-state index in [0.29, 0.717) is 6.42 Å². The molecule has 2 aliphatic rings. The molecule has 2 saturated heterocycles. The van der Waals surface area contributed by atoms with Crippen LogP contribution in [0.25, 0.3) is 0 Å². The Bertz CT molecular complexity index is 1470. The van der Waals surface area contributed by atoms with E-state index < -0.39 is 86.8 Å². The lowest BCUT2D eigenvalue weighted by molar-refractivity contribution is -0.359. The van der Waals surface area contributed by atoms with E-state index in [1.165, 1.54) is 77.0 Å². The van der Waals surface area contributed by atoms with Gasteiger partial charge in [-0.2, -0.15) is 0 Å². The number of allylic oxidation sites excluding steroid dienone is 11. The molecule has 0 bridgehead atoms. The zero-order chi connectivity index (χ0) is 51.7. The highest BCUT2D eigenvalue weighted by Crippen LogP contribution is 2.30. The number of amides is 1. The molecule has 12 atom stereocenters. The van der Waals surface area contributed by atoms with Gasteiger partial charge >= 0.3 is 0 Å². The monoisotopic (exact) mass is 1010 g/mol. The van der Waals surface area contributed by atoms with Crippen molar-refractivity contribution in [2.24, 2.45) is 0 Å². The summed E-state index contributed by atoms with van der Waals surface area (Å²) in [6.45, 7) is 2.65. The number of aliphatic hydroxyl groups is 8. The van der Waals surface area contributed by atoms with Crippen molar-refractivity contribution < 1.29 is 64.6 Å². The van der Waals surface area contributed by atoms with Gasteiger partial charge in [0.25, 0.3) is 0 Å². The van der Waals surface area contributed by atoms with Gasteiger partial charge < -0.3 is 65.1 Å². The number of ether oxygens (including phenoxy) is 4. The number of unbranched alkanes of at least 4 members (excludes halogenated alkanes) is 19. The molecule has 14 nitrogen and oxygen atoms in total. The summed E-state index contributed by atoms with van der Waals surface area (Å²) in [4.78, 5) is 13.2. The lowest BCUT2D eigenvalue weighted by Crippen LogP contribution is -2.65. The van der Waals surface area contributed by atoms with Crippen LogP contribution in [0.4, 0.5) is 0 Å². The second kappa shape index (κ2) is 42.8. The van der Waals surface area contributed by atoms with Crippen molar-refractivity contribution in [3.05, 3.63) is 72.9 Å². The summed E-state index contributed by atoms with van der Waals surface area (Å²) in [7, 11) is 0. The Labute approximate surface area is 428 Å². The van der Waals surface area contributed by atoms with Crippen molar-refractivity contribution in [2.45, 2.75) is 261 Å². The molecule has 2 fully saturated rings. The van der Waals surface area contributed by atoms with Gasteiger partial charge in [0.2, 0.25) is 5.91 Å². The number of hydrogen-bond acceptors (Lipinski definition) is 13. The maximum Gasteiger partial charge on any atom is 0.220 e. The van der Waals surface area contributed by atoms with E-state index in [9.17, 15) is 45.6 Å². The summed E-state index contributed by atoms with van der Waals surface area (Å²) in [6, 6.07) is -0.929. The van der Waals surface area contributed by atoms with Crippen molar-refractivity contribution in [2.75, 3.05) is 19.8 Å². The first-order valence-corrected chi connectivity index (χ1v) is 27.7. The molecular formula is C57H99NO13. The third kappa shape index (κ3) is 29.2. The van der Waals surface area contributed by atoms with Crippen molar-refractivity contribution in [3.8, 4) is 0 Å². The van der Waals surface area contributed by atoms with Crippen LogP contribution in [0.5, 0.6) is 0 Å². The fraction of sp³-hybridized carbons (Fsp3) is 0.772. The molecule has 0 aliphatic carbocycles. The maximum atomic E-state index is 13.2. The van der Waals surface area contributed by atoms with Gasteiger partial charge in [-0.25, -0.2) is 0 Å². The van der Waals surface area contributed by atoms with Crippen LogP contribution in [0.1, 0.15) is 187 Å². The minimum atomic E-state index is -1.79. The zero-order valence-electron chi connectivity index (χ0n) is 43.7. The Balaban J connectivity index is 1.82. The van der Waals surface area contributed by atoms with Crippen LogP contribution in [0.15, 0.2) is 72.9 Å². The van der Waals surface area contributed by atoms with Crippen molar-refractivity contribution >= 4 is 5.91 Å². The third-order valence-electron chi connectivity index (χ3n) is 13.1. The standard InChI is InChI=1S/C57H99NO13/c1-3-5-7-9-11-13-15-17-19-21-22-23-24-25-27-29-31-33-35-37-39-41-49(62)58-45(46(61)40-38-36-34-32-30-28-26-20-18-16-14-12-10-8-6-4-2)44-68-56-54(67)52(65)55(48(43-60)70-56)71-57-53(66)51(64)50(63)47(42-59)69-57/h5,7,11,13,17,19,22-23,25,27,38,40,45-48,50-57,59-61,63-67H,3-4,6,8-10,12,14-16,18,20-21,24,26,28-37,39,41-44H2,1-2H3,(H,58,62)/b7-5-,13-11-,19-17-,23-22-,27-25-,40-38+. The summed E-state index contributed by atoms with van der Waals surface area (Å²) >= 11 is 0. The van der Waals surface area contributed by atoms with Crippen LogP contribution in [0.3, 0.4) is 0 Å². The average Bonchev–Trinajstić information content (AvgIpc) is 3.37. The van der Waals surface area contributed by atoms with E-state index in [1.54, 1.807) is 6.08 Å². The van der Waals surface area contributed by atoms with Gasteiger partial charge in [-0.1, -0.05) is 189 Å². The quantitative estimate of drug-likeness (QED) is 0.0207. The molecule has 0 aromatic carbocycles. The molecule has 2 aliphatic heterocycles. The van der Waals surface area contributed by atoms with Crippen molar-refractivity contribution in [1.29, 1.82) is 0 Å². The first-order valence-electron chi connectivity index (χ1n) is 27.7. The van der Waals surface area contributed by atoms with E-state index in [-0.39, 0.29) is 18.9 Å². The molecule has 0 aromatic rings.